The van der Waals surface area contributed by atoms with E-state index < -0.39 is 6.10 Å². The fraction of sp³-hybridized carbons (Fsp3) is 0.643. The molecule has 110 valence electrons. The Balaban J connectivity index is 1.77. The number of nitrogens with one attached hydrogen (secondary N) is 1. The highest BCUT2D eigenvalue weighted by Crippen LogP contribution is 2.13. The van der Waals surface area contributed by atoms with E-state index in [1.54, 1.807) is 19.3 Å². The fourth-order valence-electron chi connectivity index (χ4n) is 1.95. The summed E-state index contributed by atoms with van der Waals surface area (Å²) in [5, 5.41) is 2.74. The summed E-state index contributed by atoms with van der Waals surface area (Å²) in [6, 6.07) is 0. The molecule has 2 rings (SSSR count). The molecule has 1 amide bonds. The normalized spacial score (nSPS) is 19.8. The Labute approximate surface area is 118 Å². The number of carbonyl (C=O) groups excluding carboxylic acids is 1. The van der Waals surface area contributed by atoms with E-state index >= 15 is 0 Å². The molecule has 20 heavy (non-hydrogen) atoms. The molecule has 1 saturated heterocycles. The molecule has 0 aliphatic carbocycles. The van der Waals surface area contributed by atoms with Crippen molar-refractivity contribution >= 4 is 11.6 Å². The first-order valence-corrected chi connectivity index (χ1v) is 7.04. The van der Waals surface area contributed by atoms with Gasteiger partial charge in [0, 0.05) is 13.0 Å². The van der Waals surface area contributed by atoms with Crippen LogP contribution in [0.1, 0.15) is 32.5 Å². The third-order valence-electron chi connectivity index (χ3n) is 3.21. The van der Waals surface area contributed by atoms with Gasteiger partial charge in [-0.3, -0.25) is 4.79 Å². The van der Waals surface area contributed by atoms with Crippen LogP contribution in [0, 0.1) is 0 Å². The molecule has 1 aromatic rings. The molecule has 0 saturated carbocycles. The average molecular weight is 279 g/mol. The van der Waals surface area contributed by atoms with Gasteiger partial charge in [-0.05, 0) is 19.8 Å². The predicted octanol–water partition coefficient (Wildman–Crippen LogP) is 1.56. The van der Waals surface area contributed by atoms with E-state index in [1.807, 2.05) is 6.92 Å². The monoisotopic (exact) mass is 279 g/mol. The van der Waals surface area contributed by atoms with Crippen LogP contribution >= 0.6 is 0 Å². The maximum atomic E-state index is 11.9. The molecule has 6 nitrogen and oxygen atoms in total. The Kier molecular flexibility index (Phi) is 5.43. The summed E-state index contributed by atoms with van der Waals surface area (Å²) in [6.07, 6.45) is 5.65. The highest BCUT2D eigenvalue weighted by molar-refractivity contribution is 5.93. The van der Waals surface area contributed by atoms with Crippen LogP contribution in [0.25, 0.3) is 0 Å². The molecule has 1 aliphatic rings. The summed E-state index contributed by atoms with van der Waals surface area (Å²) in [6.45, 7) is 4.95. The lowest BCUT2D eigenvalue weighted by molar-refractivity contribution is -0.128. The molecule has 6 heteroatoms. The van der Waals surface area contributed by atoms with Crippen LogP contribution in [0.4, 0.5) is 5.69 Å². The number of aromatic nitrogens is 2. The molecule has 2 unspecified atom stereocenters. The van der Waals surface area contributed by atoms with Gasteiger partial charge in [0.1, 0.15) is 11.9 Å². The van der Waals surface area contributed by atoms with Crippen LogP contribution < -0.4 is 5.32 Å². The second-order valence-electron chi connectivity index (χ2n) is 4.84. The van der Waals surface area contributed by atoms with Crippen LogP contribution in [-0.4, -0.2) is 41.3 Å². The maximum absolute atomic E-state index is 11.9. The minimum atomic E-state index is -0.523. The molecule has 0 spiro atoms. The number of amides is 1. The quantitative estimate of drug-likeness (QED) is 0.855. The topological polar surface area (TPSA) is 73.3 Å². The lowest BCUT2D eigenvalue weighted by Gasteiger charge is -2.16. The first kappa shape index (κ1) is 14.9. The zero-order valence-electron chi connectivity index (χ0n) is 12.0. The summed E-state index contributed by atoms with van der Waals surface area (Å²) in [7, 11) is 0. The summed E-state index contributed by atoms with van der Waals surface area (Å²) in [4.78, 5) is 20.2. The van der Waals surface area contributed by atoms with Gasteiger partial charge in [0.25, 0.3) is 5.91 Å². The summed E-state index contributed by atoms with van der Waals surface area (Å²) in [5.74, 6) is 0.557. The molecule has 0 radical (unpaired) electrons. The van der Waals surface area contributed by atoms with Crippen molar-refractivity contribution in [2.24, 2.45) is 0 Å². The van der Waals surface area contributed by atoms with Gasteiger partial charge < -0.3 is 14.8 Å². The highest BCUT2D eigenvalue weighted by atomic mass is 16.5. The minimum absolute atomic E-state index is 0.123. The number of rotatable bonds is 6. The summed E-state index contributed by atoms with van der Waals surface area (Å²) in [5.41, 5.74) is 0.583. The van der Waals surface area contributed by atoms with Crippen molar-refractivity contribution in [3.05, 3.63) is 18.2 Å². The number of ether oxygens (including phenoxy) is 2. The van der Waals surface area contributed by atoms with Gasteiger partial charge >= 0.3 is 0 Å². The number of anilines is 1. The number of nitrogens with zero attached hydrogens (tertiary/aromatic N) is 2. The minimum Gasteiger partial charge on any atom is -0.376 e. The Morgan fingerprint density at radius 3 is 2.90 bits per heavy atom. The first-order valence-electron chi connectivity index (χ1n) is 7.04. The van der Waals surface area contributed by atoms with Crippen LogP contribution in [0.3, 0.4) is 0 Å². The van der Waals surface area contributed by atoms with E-state index in [9.17, 15) is 4.79 Å². The fourth-order valence-corrected chi connectivity index (χ4v) is 1.95. The van der Waals surface area contributed by atoms with Crippen LogP contribution in [0.2, 0.25) is 0 Å². The second kappa shape index (κ2) is 7.31. The van der Waals surface area contributed by atoms with E-state index in [2.05, 4.69) is 15.3 Å². The third-order valence-corrected chi connectivity index (χ3v) is 3.21. The zero-order valence-corrected chi connectivity index (χ0v) is 12.0. The Morgan fingerprint density at radius 1 is 1.55 bits per heavy atom. The van der Waals surface area contributed by atoms with E-state index in [0.29, 0.717) is 12.3 Å². The van der Waals surface area contributed by atoms with Crippen molar-refractivity contribution in [2.45, 2.75) is 45.3 Å². The number of hydrogen-bond acceptors (Lipinski definition) is 5. The predicted molar refractivity (Wildman–Crippen MR) is 74.4 cm³/mol. The molecule has 2 atom stereocenters. The molecule has 1 N–H and O–H groups in total. The lowest BCUT2D eigenvalue weighted by Crippen LogP contribution is -2.30. The molecule has 0 aromatic carbocycles. The van der Waals surface area contributed by atoms with E-state index in [4.69, 9.17) is 9.47 Å². The Morgan fingerprint density at radius 2 is 2.30 bits per heavy atom. The van der Waals surface area contributed by atoms with Crippen molar-refractivity contribution in [3.8, 4) is 0 Å². The standard InChI is InChI=1S/C14H21N3O3/c1-3-13-15-7-11(8-16-13)17-14(18)10(2)20-9-12-5-4-6-19-12/h7-8,10,12H,3-6,9H2,1-2H3,(H,17,18). The zero-order chi connectivity index (χ0) is 14.4. The molecule has 1 aliphatic heterocycles. The van der Waals surface area contributed by atoms with E-state index in [1.165, 1.54) is 0 Å². The molecule has 0 bridgehead atoms. The molecule has 1 fully saturated rings. The number of aryl methyl sites for hydroxylation is 1. The molecule has 1 aromatic heterocycles. The Hall–Kier alpha value is -1.53. The van der Waals surface area contributed by atoms with Crippen LogP contribution in [-0.2, 0) is 20.7 Å². The van der Waals surface area contributed by atoms with Gasteiger partial charge in [-0.2, -0.15) is 0 Å². The number of carbonyl (C=O) groups is 1. The first-order chi connectivity index (χ1) is 9.69. The van der Waals surface area contributed by atoms with Gasteiger partial charge in [0.15, 0.2) is 0 Å². The largest absolute Gasteiger partial charge is 0.376 e. The van der Waals surface area contributed by atoms with Crippen molar-refractivity contribution in [2.75, 3.05) is 18.5 Å². The van der Waals surface area contributed by atoms with Crippen LogP contribution in [0.15, 0.2) is 12.4 Å². The molecular weight excluding hydrogens is 258 g/mol. The number of hydrogen-bond donors (Lipinski definition) is 1. The van der Waals surface area contributed by atoms with Crippen molar-refractivity contribution in [1.82, 2.24) is 9.97 Å². The van der Waals surface area contributed by atoms with Gasteiger partial charge in [-0.25, -0.2) is 9.97 Å². The summed E-state index contributed by atoms with van der Waals surface area (Å²) < 4.78 is 11.0. The third kappa shape index (κ3) is 4.25. The summed E-state index contributed by atoms with van der Waals surface area (Å²) >= 11 is 0. The van der Waals surface area contributed by atoms with E-state index in [0.717, 1.165) is 31.7 Å². The lowest BCUT2D eigenvalue weighted by atomic mass is 10.2. The van der Waals surface area contributed by atoms with E-state index in [-0.39, 0.29) is 12.0 Å². The average Bonchev–Trinajstić information content (AvgIpc) is 2.98. The Bertz CT molecular complexity index is 430. The van der Waals surface area contributed by atoms with Crippen molar-refractivity contribution < 1.29 is 14.3 Å². The maximum Gasteiger partial charge on any atom is 0.253 e. The van der Waals surface area contributed by atoms with Gasteiger partial charge in [0.05, 0.1) is 30.8 Å². The molecular formula is C14H21N3O3. The van der Waals surface area contributed by atoms with Gasteiger partial charge in [-0.1, -0.05) is 6.92 Å². The second-order valence-corrected chi connectivity index (χ2v) is 4.84. The van der Waals surface area contributed by atoms with Gasteiger partial charge in [-0.15, -0.1) is 0 Å². The highest BCUT2D eigenvalue weighted by Gasteiger charge is 2.20. The van der Waals surface area contributed by atoms with Crippen molar-refractivity contribution in [1.29, 1.82) is 0 Å². The van der Waals surface area contributed by atoms with Crippen LogP contribution in [0.5, 0.6) is 0 Å². The SMILES string of the molecule is CCc1ncc(NC(=O)C(C)OCC2CCCO2)cn1. The van der Waals surface area contributed by atoms with Crippen molar-refractivity contribution in [3.63, 3.8) is 0 Å². The van der Waals surface area contributed by atoms with Gasteiger partial charge in [0.2, 0.25) is 0 Å². The molecule has 2 heterocycles. The smallest absolute Gasteiger partial charge is 0.253 e.